The Balaban J connectivity index is 2.88. The number of hydrogen-bond donors (Lipinski definition) is 0. The summed E-state index contributed by atoms with van der Waals surface area (Å²) in [6, 6.07) is 3.90. The molecule has 0 aliphatic carbocycles. The zero-order valence-electron chi connectivity index (χ0n) is 16.0. The third-order valence-electron chi connectivity index (χ3n) is 4.04. The molecule has 0 aromatic rings. The van der Waals surface area contributed by atoms with E-state index in [1.807, 2.05) is 19.1 Å². The van der Waals surface area contributed by atoms with Crippen LogP contribution in [0.15, 0.2) is 47.0 Å². The van der Waals surface area contributed by atoms with Gasteiger partial charge in [0.15, 0.2) is 0 Å². The van der Waals surface area contributed by atoms with Gasteiger partial charge in [0.05, 0.1) is 18.9 Å². The average molecular weight is 383 g/mol. The van der Waals surface area contributed by atoms with Gasteiger partial charge in [-0.3, -0.25) is 0 Å². The predicted octanol–water partition coefficient (Wildman–Crippen LogP) is 2.23. The lowest BCUT2D eigenvalue weighted by atomic mass is 9.80. The smallest absolute Gasteiger partial charge is 0.341 e. The molecular weight excluding hydrogens is 362 g/mol. The van der Waals surface area contributed by atoms with Crippen molar-refractivity contribution >= 4 is 11.9 Å². The van der Waals surface area contributed by atoms with Crippen LogP contribution >= 0.6 is 0 Å². The second kappa shape index (κ2) is 9.03. The van der Waals surface area contributed by atoms with Gasteiger partial charge in [0.2, 0.25) is 5.60 Å². The molecule has 0 bridgehead atoms. The first-order valence-corrected chi connectivity index (χ1v) is 8.95. The van der Waals surface area contributed by atoms with E-state index in [4.69, 9.17) is 14.2 Å². The molecule has 0 spiro atoms. The number of nitrogens with zero attached hydrogens (tertiary/aromatic N) is 3. The van der Waals surface area contributed by atoms with Crippen molar-refractivity contribution in [1.29, 1.82) is 10.5 Å². The molecule has 2 aliphatic rings. The Hall–Kier alpha value is -3.36. The van der Waals surface area contributed by atoms with E-state index in [0.717, 1.165) is 0 Å². The standard InChI is InChI=1S/C20H21N3O5/c1-4-11-28-20(13-22)16(18(24)26-5-2)14-9-7-8-10-23(14)15(12-21)17(20)19(25)27-6-3/h7-10H,4-6,11H2,1-3H3. The molecule has 8 heteroatoms. The van der Waals surface area contributed by atoms with E-state index >= 15 is 0 Å². The number of nitriles is 2. The lowest BCUT2D eigenvalue weighted by molar-refractivity contribution is -0.143. The van der Waals surface area contributed by atoms with Crippen LogP contribution in [0.4, 0.5) is 0 Å². The van der Waals surface area contributed by atoms with Gasteiger partial charge in [0.1, 0.15) is 29.0 Å². The van der Waals surface area contributed by atoms with Crippen LogP contribution in [0.25, 0.3) is 0 Å². The molecule has 0 saturated heterocycles. The van der Waals surface area contributed by atoms with Crippen molar-refractivity contribution < 1.29 is 23.8 Å². The SMILES string of the molecule is CCCOC1(C#N)C(C(=O)OCC)=C(C#N)N2C=CC=CC2=C1C(=O)OCC. The monoisotopic (exact) mass is 383 g/mol. The summed E-state index contributed by atoms with van der Waals surface area (Å²) >= 11 is 0. The lowest BCUT2D eigenvalue weighted by Crippen LogP contribution is -2.49. The van der Waals surface area contributed by atoms with Gasteiger partial charge in [0, 0.05) is 12.8 Å². The van der Waals surface area contributed by atoms with Gasteiger partial charge < -0.3 is 19.1 Å². The average Bonchev–Trinajstić information content (AvgIpc) is 2.70. The molecule has 28 heavy (non-hydrogen) atoms. The normalized spacial score (nSPS) is 20.4. The highest BCUT2D eigenvalue weighted by atomic mass is 16.5. The molecule has 2 aliphatic heterocycles. The summed E-state index contributed by atoms with van der Waals surface area (Å²) < 4.78 is 16.0. The Bertz CT molecular complexity index is 869. The van der Waals surface area contributed by atoms with Crippen molar-refractivity contribution in [3.05, 3.63) is 47.0 Å². The predicted molar refractivity (Wildman–Crippen MR) is 97.6 cm³/mol. The first-order valence-electron chi connectivity index (χ1n) is 8.95. The zero-order chi connectivity index (χ0) is 20.7. The summed E-state index contributed by atoms with van der Waals surface area (Å²) in [4.78, 5) is 27.0. The molecular formula is C20H21N3O5. The minimum Gasteiger partial charge on any atom is -0.462 e. The fourth-order valence-corrected chi connectivity index (χ4v) is 2.98. The van der Waals surface area contributed by atoms with Crippen LogP contribution in [-0.2, 0) is 23.8 Å². The van der Waals surface area contributed by atoms with E-state index in [9.17, 15) is 20.1 Å². The molecule has 0 aromatic heterocycles. The highest BCUT2D eigenvalue weighted by Gasteiger charge is 2.55. The minimum absolute atomic E-state index is 0.0252. The zero-order valence-corrected chi connectivity index (χ0v) is 16.0. The third-order valence-corrected chi connectivity index (χ3v) is 4.04. The van der Waals surface area contributed by atoms with Gasteiger partial charge in [-0.25, -0.2) is 9.59 Å². The van der Waals surface area contributed by atoms with Gasteiger partial charge >= 0.3 is 11.9 Å². The molecule has 2 rings (SSSR count). The summed E-state index contributed by atoms with van der Waals surface area (Å²) in [6.07, 6.45) is 6.89. The van der Waals surface area contributed by atoms with Gasteiger partial charge in [-0.15, -0.1) is 0 Å². The lowest BCUT2D eigenvalue weighted by Gasteiger charge is -2.39. The van der Waals surface area contributed by atoms with Crippen LogP contribution in [-0.4, -0.2) is 42.3 Å². The Morgan fingerprint density at radius 1 is 1.07 bits per heavy atom. The molecule has 146 valence electrons. The Morgan fingerprint density at radius 2 is 1.71 bits per heavy atom. The number of hydrogen-bond acceptors (Lipinski definition) is 8. The first kappa shape index (κ1) is 20.9. The number of ether oxygens (including phenoxy) is 3. The maximum Gasteiger partial charge on any atom is 0.341 e. The molecule has 1 unspecified atom stereocenters. The Morgan fingerprint density at radius 3 is 2.25 bits per heavy atom. The summed E-state index contributed by atoms with van der Waals surface area (Å²) in [5, 5.41) is 19.9. The van der Waals surface area contributed by atoms with Gasteiger partial charge in [0.25, 0.3) is 0 Å². The van der Waals surface area contributed by atoms with E-state index in [1.54, 1.807) is 32.1 Å². The van der Waals surface area contributed by atoms with E-state index < -0.39 is 17.5 Å². The highest BCUT2D eigenvalue weighted by Crippen LogP contribution is 2.43. The van der Waals surface area contributed by atoms with Crippen molar-refractivity contribution in [1.82, 2.24) is 4.90 Å². The van der Waals surface area contributed by atoms with E-state index in [2.05, 4.69) is 0 Å². The van der Waals surface area contributed by atoms with E-state index in [1.165, 1.54) is 11.1 Å². The van der Waals surface area contributed by atoms with Gasteiger partial charge in [-0.2, -0.15) is 10.5 Å². The summed E-state index contributed by atoms with van der Waals surface area (Å²) in [7, 11) is 0. The molecule has 0 radical (unpaired) electrons. The number of fused-ring (bicyclic) bond motifs is 1. The number of rotatable bonds is 7. The number of allylic oxidation sites excluding steroid dienone is 4. The van der Waals surface area contributed by atoms with Crippen molar-refractivity contribution in [2.45, 2.75) is 32.8 Å². The van der Waals surface area contributed by atoms with E-state index in [0.29, 0.717) is 6.42 Å². The molecule has 2 heterocycles. The van der Waals surface area contributed by atoms with Crippen molar-refractivity contribution in [3.8, 4) is 12.1 Å². The second-order valence-corrected chi connectivity index (χ2v) is 5.75. The molecule has 8 nitrogen and oxygen atoms in total. The maximum atomic E-state index is 12.9. The number of carbonyl (C=O) groups excluding carboxylic acids is 2. The molecule has 1 atom stereocenters. The van der Waals surface area contributed by atoms with Crippen LogP contribution < -0.4 is 0 Å². The van der Waals surface area contributed by atoms with Crippen molar-refractivity contribution in [2.75, 3.05) is 19.8 Å². The van der Waals surface area contributed by atoms with Crippen LogP contribution in [0.3, 0.4) is 0 Å². The molecule has 0 saturated carbocycles. The maximum absolute atomic E-state index is 12.9. The van der Waals surface area contributed by atoms with Gasteiger partial charge in [-0.05, 0) is 32.4 Å². The highest BCUT2D eigenvalue weighted by molar-refractivity contribution is 6.03. The summed E-state index contributed by atoms with van der Waals surface area (Å²) in [5.74, 6) is -1.71. The molecule has 0 amide bonds. The van der Waals surface area contributed by atoms with Crippen LogP contribution in [0, 0.1) is 22.7 Å². The van der Waals surface area contributed by atoms with Crippen LogP contribution in [0.5, 0.6) is 0 Å². The van der Waals surface area contributed by atoms with Crippen LogP contribution in [0.1, 0.15) is 27.2 Å². The van der Waals surface area contributed by atoms with Gasteiger partial charge in [-0.1, -0.05) is 13.0 Å². The Labute approximate surface area is 163 Å². The van der Waals surface area contributed by atoms with E-state index in [-0.39, 0.29) is 42.4 Å². The van der Waals surface area contributed by atoms with Crippen LogP contribution in [0.2, 0.25) is 0 Å². The molecule has 0 aromatic carbocycles. The van der Waals surface area contributed by atoms with Crippen molar-refractivity contribution in [3.63, 3.8) is 0 Å². The minimum atomic E-state index is -2.12. The fourth-order valence-electron chi connectivity index (χ4n) is 2.98. The Kier molecular flexibility index (Phi) is 6.75. The first-order chi connectivity index (χ1) is 13.5. The topological polar surface area (TPSA) is 113 Å². The van der Waals surface area contributed by atoms with Crippen molar-refractivity contribution in [2.24, 2.45) is 0 Å². The molecule has 0 N–H and O–H groups in total. The largest absolute Gasteiger partial charge is 0.462 e. The summed E-state index contributed by atoms with van der Waals surface area (Å²) in [5.41, 5.74) is -2.52. The molecule has 0 fully saturated rings. The second-order valence-electron chi connectivity index (χ2n) is 5.75. The number of esters is 2. The number of carbonyl (C=O) groups is 2. The fraction of sp³-hybridized carbons (Fsp3) is 0.400. The third kappa shape index (κ3) is 3.42. The quantitative estimate of drug-likeness (QED) is 0.615. The summed E-state index contributed by atoms with van der Waals surface area (Å²) in [6.45, 7) is 5.21.